The molecule has 156 valence electrons. The Morgan fingerprint density at radius 3 is 2.30 bits per heavy atom. The molecule has 0 spiro atoms. The number of aryl methyl sites for hydroxylation is 2. The highest BCUT2D eigenvalue weighted by Gasteiger charge is 2.26. The summed E-state index contributed by atoms with van der Waals surface area (Å²) in [5.74, 6) is -0.401. The van der Waals surface area contributed by atoms with Crippen molar-refractivity contribution in [2.75, 3.05) is 0 Å². The van der Waals surface area contributed by atoms with Gasteiger partial charge < -0.3 is 9.88 Å². The van der Waals surface area contributed by atoms with E-state index in [0.717, 1.165) is 5.56 Å². The van der Waals surface area contributed by atoms with E-state index in [-0.39, 0.29) is 22.9 Å². The van der Waals surface area contributed by atoms with Crippen molar-refractivity contribution in [2.45, 2.75) is 36.7 Å². The van der Waals surface area contributed by atoms with E-state index in [1.165, 1.54) is 16.7 Å². The summed E-state index contributed by atoms with van der Waals surface area (Å²) in [7, 11) is -4.01. The predicted molar refractivity (Wildman–Crippen MR) is 115 cm³/mol. The molecular formula is C22H21ClN2O4S. The molecule has 0 saturated carbocycles. The van der Waals surface area contributed by atoms with Crippen LogP contribution in [0.15, 0.2) is 75.2 Å². The van der Waals surface area contributed by atoms with Crippen molar-refractivity contribution in [3.05, 3.63) is 92.9 Å². The van der Waals surface area contributed by atoms with Crippen LogP contribution in [0.2, 0.25) is 5.02 Å². The van der Waals surface area contributed by atoms with Gasteiger partial charge in [0.05, 0.1) is 4.90 Å². The minimum absolute atomic E-state index is 0.0350. The highest BCUT2D eigenvalue weighted by molar-refractivity contribution is 7.91. The molecule has 0 fully saturated rings. The molecule has 1 N–H and O–H groups in total. The lowest BCUT2D eigenvalue weighted by Crippen LogP contribution is -2.35. The number of sulfone groups is 1. The minimum atomic E-state index is -4.01. The van der Waals surface area contributed by atoms with Gasteiger partial charge in [0.2, 0.25) is 15.7 Å². The number of halogens is 1. The molecule has 2 aromatic carbocycles. The predicted octanol–water partition coefficient (Wildman–Crippen LogP) is 3.27. The summed E-state index contributed by atoms with van der Waals surface area (Å²) < 4.78 is 27.3. The van der Waals surface area contributed by atoms with E-state index in [1.807, 2.05) is 0 Å². The number of nitrogens with one attached hydrogen (secondary N) is 1. The second-order valence-corrected chi connectivity index (χ2v) is 9.23. The van der Waals surface area contributed by atoms with E-state index in [9.17, 15) is 18.0 Å². The number of nitrogens with zero attached hydrogens (tertiary/aromatic N) is 1. The van der Waals surface area contributed by atoms with Crippen LogP contribution in [0.4, 0.5) is 0 Å². The third-order valence-electron chi connectivity index (χ3n) is 4.68. The summed E-state index contributed by atoms with van der Waals surface area (Å²) >= 11 is 5.85. The van der Waals surface area contributed by atoms with Gasteiger partial charge in [-0.25, -0.2) is 8.42 Å². The van der Waals surface area contributed by atoms with Gasteiger partial charge in [-0.05, 0) is 55.3 Å². The zero-order valence-corrected chi connectivity index (χ0v) is 18.1. The van der Waals surface area contributed by atoms with Crippen molar-refractivity contribution in [2.24, 2.45) is 0 Å². The first-order valence-electron chi connectivity index (χ1n) is 9.22. The van der Waals surface area contributed by atoms with Crippen LogP contribution in [0.5, 0.6) is 0 Å². The summed E-state index contributed by atoms with van der Waals surface area (Å²) in [6.07, 6.45) is 0. The zero-order valence-electron chi connectivity index (χ0n) is 16.6. The molecule has 0 aliphatic rings. The Labute approximate surface area is 180 Å². The van der Waals surface area contributed by atoms with E-state index >= 15 is 0 Å². The van der Waals surface area contributed by atoms with Gasteiger partial charge in [-0.1, -0.05) is 41.9 Å². The fourth-order valence-corrected chi connectivity index (χ4v) is 4.85. The highest BCUT2D eigenvalue weighted by Crippen LogP contribution is 2.21. The molecule has 0 aliphatic heterocycles. The van der Waals surface area contributed by atoms with Crippen LogP contribution in [0, 0.1) is 13.8 Å². The Morgan fingerprint density at radius 2 is 1.67 bits per heavy atom. The van der Waals surface area contributed by atoms with Gasteiger partial charge in [0.15, 0.2) is 0 Å². The van der Waals surface area contributed by atoms with Crippen LogP contribution in [-0.4, -0.2) is 18.9 Å². The molecule has 0 bridgehead atoms. The minimum Gasteiger partial charge on any atom is -0.350 e. The number of aromatic nitrogens is 1. The molecule has 0 saturated heterocycles. The smallest absolute Gasteiger partial charge is 0.270 e. The molecular weight excluding hydrogens is 424 g/mol. The molecule has 0 radical (unpaired) electrons. The monoisotopic (exact) mass is 444 g/mol. The van der Waals surface area contributed by atoms with Crippen molar-refractivity contribution in [1.29, 1.82) is 0 Å². The third-order valence-corrected chi connectivity index (χ3v) is 6.85. The molecule has 1 amide bonds. The molecule has 3 aromatic rings. The molecule has 3 rings (SSSR count). The molecule has 1 aromatic heterocycles. The SMILES string of the molecule is Cc1cc(C)n(CC(=O)NCc2ccc(Cl)cc2)c(=O)c1S(=O)(=O)c1ccccc1. The van der Waals surface area contributed by atoms with Gasteiger partial charge >= 0.3 is 0 Å². The molecule has 0 aliphatic carbocycles. The van der Waals surface area contributed by atoms with E-state index in [2.05, 4.69) is 5.32 Å². The average Bonchev–Trinajstić information content (AvgIpc) is 2.71. The lowest BCUT2D eigenvalue weighted by Gasteiger charge is -2.15. The summed E-state index contributed by atoms with van der Waals surface area (Å²) in [4.78, 5) is 25.2. The van der Waals surface area contributed by atoms with Crippen LogP contribution >= 0.6 is 11.6 Å². The summed E-state index contributed by atoms with van der Waals surface area (Å²) in [6, 6.07) is 16.4. The Bertz CT molecular complexity index is 1230. The second-order valence-electron chi connectivity index (χ2n) is 6.91. The van der Waals surface area contributed by atoms with E-state index in [4.69, 9.17) is 11.6 Å². The number of amides is 1. The lowest BCUT2D eigenvalue weighted by molar-refractivity contribution is -0.121. The maximum atomic E-state index is 13.1. The van der Waals surface area contributed by atoms with Crippen LogP contribution in [0.25, 0.3) is 0 Å². The Hall–Kier alpha value is -2.90. The number of benzene rings is 2. The molecule has 0 unspecified atom stereocenters. The van der Waals surface area contributed by atoms with Gasteiger partial charge in [-0.3, -0.25) is 9.59 Å². The second kappa shape index (κ2) is 8.85. The van der Waals surface area contributed by atoms with Crippen molar-refractivity contribution in [3.8, 4) is 0 Å². The first-order chi connectivity index (χ1) is 14.2. The number of carbonyl (C=O) groups excluding carboxylic acids is 1. The Kier molecular flexibility index (Phi) is 6.43. The van der Waals surface area contributed by atoms with E-state index < -0.39 is 21.3 Å². The van der Waals surface area contributed by atoms with Gasteiger partial charge in [0.1, 0.15) is 11.4 Å². The molecule has 8 heteroatoms. The first kappa shape index (κ1) is 21.8. The Balaban J connectivity index is 1.89. The molecule has 30 heavy (non-hydrogen) atoms. The molecule has 6 nitrogen and oxygen atoms in total. The number of carbonyl (C=O) groups is 1. The zero-order chi connectivity index (χ0) is 21.9. The van der Waals surface area contributed by atoms with Gasteiger partial charge in [-0.15, -0.1) is 0 Å². The largest absolute Gasteiger partial charge is 0.350 e. The average molecular weight is 445 g/mol. The fraction of sp³-hybridized carbons (Fsp3) is 0.182. The molecule has 1 heterocycles. The number of hydrogen-bond donors (Lipinski definition) is 1. The van der Waals surface area contributed by atoms with Crippen molar-refractivity contribution < 1.29 is 13.2 Å². The lowest BCUT2D eigenvalue weighted by atomic mass is 10.2. The van der Waals surface area contributed by atoms with Crippen molar-refractivity contribution in [1.82, 2.24) is 9.88 Å². The van der Waals surface area contributed by atoms with E-state index in [1.54, 1.807) is 62.4 Å². The van der Waals surface area contributed by atoms with Crippen LogP contribution < -0.4 is 10.9 Å². The van der Waals surface area contributed by atoms with Gasteiger partial charge in [0.25, 0.3) is 5.56 Å². The van der Waals surface area contributed by atoms with Crippen LogP contribution in [0.1, 0.15) is 16.8 Å². The normalized spacial score (nSPS) is 11.3. The van der Waals surface area contributed by atoms with Crippen molar-refractivity contribution in [3.63, 3.8) is 0 Å². The van der Waals surface area contributed by atoms with Crippen molar-refractivity contribution >= 4 is 27.3 Å². The van der Waals surface area contributed by atoms with Gasteiger partial charge in [-0.2, -0.15) is 0 Å². The quantitative estimate of drug-likeness (QED) is 0.632. The number of hydrogen-bond acceptors (Lipinski definition) is 4. The highest BCUT2D eigenvalue weighted by atomic mass is 35.5. The Morgan fingerprint density at radius 1 is 1.03 bits per heavy atom. The summed E-state index contributed by atoms with van der Waals surface area (Å²) in [5.41, 5.74) is 0.997. The molecule has 0 atom stereocenters. The first-order valence-corrected chi connectivity index (χ1v) is 11.1. The maximum Gasteiger partial charge on any atom is 0.270 e. The summed E-state index contributed by atoms with van der Waals surface area (Å²) in [6.45, 7) is 3.23. The number of pyridine rings is 1. The third kappa shape index (κ3) is 4.63. The number of rotatable bonds is 6. The van der Waals surface area contributed by atoms with Gasteiger partial charge in [0, 0.05) is 17.3 Å². The maximum absolute atomic E-state index is 13.1. The standard InChI is InChI=1S/C22H21ClN2O4S/c1-15-12-16(2)25(14-20(26)24-13-17-8-10-18(23)11-9-17)22(27)21(15)30(28,29)19-6-4-3-5-7-19/h3-12H,13-14H2,1-2H3,(H,24,26). The van der Waals surface area contributed by atoms with Crippen LogP contribution in [0.3, 0.4) is 0 Å². The van der Waals surface area contributed by atoms with E-state index in [0.29, 0.717) is 16.3 Å². The topological polar surface area (TPSA) is 85.2 Å². The fourth-order valence-electron chi connectivity index (χ4n) is 3.15. The summed E-state index contributed by atoms with van der Waals surface area (Å²) in [5, 5.41) is 3.33. The van der Waals surface area contributed by atoms with Crippen LogP contribution in [-0.2, 0) is 27.7 Å².